The molecule has 0 unspecified atom stereocenters. The molecule has 7 heteroatoms. The summed E-state index contributed by atoms with van der Waals surface area (Å²) in [6.07, 6.45) is 2.85. The van der Waals surface area contributed by atoms with Gasteiger partial charge in [-0.3, -0.25) is 9.78 Å². The number of benzene rings is 2. The third-order valence-electron chi connectivity index (χ3n) is 5.33. The molecule has 1 aliphatic carbocycles. The second kappa shape index (κ2) is 10.7. The van der Waals surface area contributed by atoms with Crippen molar-refractivity contribution in [3.05, 3.63) is 71.7 Å². The minimum absolute atomic E-state index is 0. The summed E-state index contributed by atoms with van der Waals surface area (Å²) in [5.74, 6) is -1.84. The van der Waals surface area contributed by atoms with Gasteiger partial charge in [0.1, 0.15) is 5.82 Å². The number of carbonyl (C=O) groups excluding carboxylic acids is 2. The fourth-order valence-corrected chi connectivity index (χ4v) is 3.75. The van der Waals surface area contributed by atoms with Crippen LogP contribution in [0.2, 0.25) is 0 Å². The Hall–Kier alpha value is -2.12. The minimum Gasteiger partial charge on any atom is -0.550 e. The van der Waals surface area contributed by atoms with Crippen molar-refractivity contribution >= 4 is 66.5 Å². The number of carboxylic acids is 1. The maximum absolute atomic E-state index is 13.6. The van der Waals surface area contributed by atoms with Crippen molar-refractivity contribution in [3.63, 3.8) is 0 Å². The third kappa shape index (κ3) is 5.81. The molecule has 1 aliphatic rings. The van der Waals surface area contributed by atoms with Crippen LogP contribution in [-0.4, -0.2) is 65.7 Å². The zero-order valence-electron chi connectivity index (χ0n) is 17.5. The number of hydrogen-bond donors (Lipinski definition) is 1. The summed E-state index contributed by atoms with van der Waals surface area (Å²) in [6.45, 7) is 0. The Labute approximate surface area is 215 Å². The van der Waals surface area contributed by atoms with Gasteiger partial charge in [0.15, 0.2) is 5.78 Å². The molecular formula is C25H21CaFNO4+. The number of halogens is 1. The zero-order chi connectivity index (χ0) is 22.0. The van der Waals surface area contributed by atoms with E-state index < -0.39 is 24.3 Å². The normalized spacial score (nSPS) is 14.3. The van der Waals surface area contributed by atoms with E-state index in [0.717, 1.165) is 46.1 Å². The van der Waals surface area contributed by atoms with Crippen LogP contribution in [0.1, 0.15) is 42.9 Å². The van der Waals surface area contributed by atoms with E-state index in [0.29, 0.717) is 5.92 Å². The number of pyridine rings is 1. The Morgan fingerprint density at radius 2 is 1.81 bits per heavy atom. The number of fused-ring (bicyclic) bond motifs is 1. The molecule has 1 atom stereocenters. The second-order valence-electron chi connectivity index (χ2n) is 7.82. The molecule has 0 spiro atoms. The van der Waals surface area contributed by atoms with Gasteiger partial charge in [-0.2, -0.15) is 0 Å². The number of para-hydroxylation sites is 1. The van der Waals surface area contributed by atoms with Gasteiger partial charge >= 0.3 is 37.7 Å². The summed E-state index contributed by atoms with van der Waals surface area (Å²) >= 11 is 0. The molecular weight excluding hydrogens is 437 g/mol. The van der Waals surface area contributed by atoms with E-state index in [-0.39, 0.29) is 50.0 Å². The van der Waals surface area contributed by atoms with Gasteiger partial charge in [0.05, 0.1) is 17.3 Å². The first kappa shape index (κ1) is 24.5. The summed E-state index contributed by atoms with van der Waals surface area (Å²) in [4.78, 5) is 27.8. The Bertz CT molecular complexity index is 1170. The summed E-state index contributed by atoms with van der Waals surface area (Å²) in [7, 11) is 0. The van der Waals surface area contributed by atoms with E-state index in [1.807, 2.05) is 24.3 Å². The van der Waals surface area contributed by atoms with Crippen molar-refractivity contribution in [1.29, 1.82) is 0 Å². The van der Waals surface area contributed by atoms with Crippen molar-refractivity contribution in [2.75, 3.05) is 0 Å². The van der Waals surface area contributed by atoms with E-state index in [9.17, 15) is 24.2 Å². The van der Waals surface area contributed by atoms with Crippen LogP contribution < -0.4 is 5.11 Å². The number of aliphatic hydroxyl groups is 1. The number of carboxylic acid groups (broad SMARTS) is 1. The van der Waals surface area contributed by atoms with Gasteiger partial charge in [-0.25, -0.2) is 4.39 Å². The van der Waals surface area contributed by atoms with Gasteiger partial charge in [0.2, 0.25) is 0 Å². The molecule has 0 radical (unpaired) electrons. The van der Waals surface area contributed by atoms with E-state index in [1.165, 1.54) is 18.2 Å². The Morgan fingerprint density at radius 1 is 1.12 bits per heavy atom. The van der Waals surface area contributed by atoms with E-state index >= 15 is 0 Å². The van der Waals surface area contributed by atoms with Gasteiger partial charge in [-0.1, -0.05) is 30.3 Å². The average molecular weight is 459 g/mol. The number of rotatable bonds is 8. The topological polar surface area (TPSA) is 90.3 Å². The third-order valence-corrected chi connectivity index (χ3v) is 5.33. The zero-order valence-corrected chi connectivity index (χ0v) is 19.7. The first-order valence-electron chi connectivity index (χ1n) is 10.2. The predicted octanol–water partition coefficient (Wildman–Crippen LogP) is 3.01. The fourth-order valence-electron chi connectivity index (χ4n) is 3.75. The van der Waals surface area contributed by atoms with E-state index in [2.05, 4.69) is 0 Å². The number of aliphatic carboxylic acids is 1. The van der Waals surface area contributed by atoms with Crippen molar-refractivity contribution in [2.24, 2.45) is 0 Å². The maximum atomic E-state index is 13.6. The molecule has 2 aromatic carbocycles. The number of hydrogen-bond acceptors (Lipinski definition) is 5. The summed E-state index contributed by atoms with van der Waals surface area (Å²) in [5, 5.41) is 21.2. The Kier molecular flexibility index (Phi) is 8.17. The van der Waals surface area contributed by atoms with Gasteiger partial charge in [0, 0.05) is 41.2 Å². The molecule has 0 amide bonds. The Morgan fingerprint density at radius 3 is 2.47 bits per heavy atom. The van der Waals surface area contributed by atoms with Gasteiger partial charge in [-0.15, -0.1) is 0 Å². The predicted molar refractivity (Wildman–Crippen MR) is 119 cm³/mol. The molecule has 1 heterocycles. The number of aromatic nitrogens is 1. The summed E-state index contributed by atoms with van der Waals surface area (Å²) in [6, 6.07) is 13.9. The molecule has 0 bridgehead atoms. The van der Waals surface area contributed by atoms with Gasteiger partial charge < -0.3 is 15.0 Å². The molecule has 1 aromatic heterocycles. The first-order chi connectivity index (χ1) is 14.9. The smallest absolute Gasteiger partial charge is 0.550 e. The number of aliphatic hydroxyl groups excluding tert-OH is 1. The molecule has 1 fully saturated rings. The quantitative estimate of drug-likeness (QED) is 0.414. The molecule has 32 heavy (non-hydrogen) atoms. The van der Waals surface area contributed by atoms with Gasteiger partial charge in [-0.05, 0) is 48.8 Å². The number of nitrogens with zero attached hydrogens (tertiary/aromatic N) is 1. The largest absolute Gasteiger partial charge is 2.00 e. The van der Waals surface area contributed by atoms with Crippen LogP contribution in [-0.2, 0) is 9.59 Å². The van der Waals surface area contributed by atoms with E-state index in [1.54, 1.807) is 18.2 Å². The first-order valence-corrected chi connectivity index (χ1v) is 10.2. The molecule has 1 saturated carbocycles. The average Bonchev–Trinajstić information content (AvgIpc) is 3.56. The molecule has 3 aromatic rings. The van der Waals surface area contributed by atoms with Crippen LogP contribution >= 0.6 is 0 Å². The number of allylic oxidation sites excluding steroid dienone is 1. The standard InChI is InChI=1S/C25H22FNO4.Ca/c26-17-9-7-15(8-10-17)24-20-3-1-2-4-22(20)27-25(16-5-6-16)21(24)12-11-18(28)13-19(29)14-23(30)31;/h1-4,7-12,16,19,29H,5-6,13-14H2,(H,30,31);/q;+2/p-1/b12-11+;/t19-;/m1./s1. The second-order valence-corrected chi connectivity index (χ2v) is 7.82. The van der Waals surface area contributed by atoms with Crippen LogP contribution in [0, 0.1) is 5.82 Å². The molecule has 0 saturated heterocycles. The number of ketones is 1. The molecule has 4 rings (SSSR count). The maximum Gasteiger partial charge on any atom is 2.00 e. The fraction of sp³-hybridized carbons (Fsp3) is 0.240. The molecule has 158 valence electrons. The van der Waals surface area contributed by atoms with Crippen LogP contribution in [0.25, 0.3) is 28.1 Å². The Balaban J connectivity index is 0.00000289. The molecule has 1 N–H and O–H groups in total. The minimum atomic E-state index is -1.40. The summed E-state index contributed by atoms with van der Waals surface area (Å²) in [5.41, 5.74) is 4.18. The van der Waals surface area contributed by atoms with Crippen molar-refractivity contribution in [3.8, 4) is 11.1 Å². The van der Waals surface area contributed by atoms with E-state index in [4.69, 9.17) is 4.98 Å². The molecule has 0 aliphatic heterocycles. The van der Waals surface area contributed by atoms with Gasteiger partial charge in [0.25, 0.3) is 0 Å². The van der Waals surface area contributed by atoms with Crippen molar-refractivity contribution in [2.45, 2.75) is 37.7 Å². The van der Waals surface area contributed by atoms with Crippen molar-refractivity contribution in [1.82, 2.24) is 4.98 Å². The number of carbonyl (C=O) groups is 2. The van der Waals surface area contributed by atoms with Crippen LogP contribution in [0.5, 0.6) is 0 Å². The monoisotopic (exact) mass is 458 g/mol. The van der Waals surface area contributed by atoms with Crippen molar-refractivity contribution < 1.29 is 24.2 Å². The van der Waals surface area contributed by atoms with Crippen LogP contribution in [0.3, 0.4) is 0 Å². The van der Waals surface area contributed by atoms with Crippen LogP contribution in [0.15, 0.2) is 54.6 Å². The summed E-state index contributed by atoms with van der Waals surface area (Å²) < 4.78 is 13.6. The van der Waals surface area contributed by atoms with Crippen LogP contribution in [0.4, 0.5) is 4.39 Å². The SMILES string of the molecule is O=C([O-])C[C@H](O)CC(=O)/C=C/c1c(C2CC2)nc2ccccc2c1-c1ccc(F)cc1.[Ca+2]. The molecule has 5 nitrogen and oxygen atoms in total.